The average molecular weight is 272 g/mol. The lowest BCUT2D eigenvalue weighted by Gasteiger charge is -2.36. The Morgan fingerprint density at radius 1 is 1.15 bits per heavy atom. The van der Waals surface area contributed by atoms with Gasteiger partial charge < -0.3 is 5.32 Å². The molecule has 2 fully saturated rings. The molecule has 2 nitrogen and oxygen atoms in total. The fraction of sp³-hybridized carbons (Fsp3) is 0.667. The van der Waals surface area contributed by atoms with Crippen molar-refractivity contribution >= 4 is 0 Å². The number of benzene rings is 1. The summed E-state index contributed by atoms with van der Waals surface area (Å²) >= 11 is 0. The molecule has 20 heavy (non-hydrogen) atoms. The van der Waals surface area contributed by atoms with Crippen LogP contribution in [0.5, 0.6) is 0 Å². The van der Waals surface area contributed by atoms with Crippen LogP contribution < -0.4 is 5.32 Å². The zero-order valence-corrected chi connectivity index (χ0v) is 13.6. The summed E-state index contributed by atoms with van der Waals surface area (Å²) in [7, 11) is 0. The van der Waals surface area contributed by atoms with E-state index in [0.717, 1.165) is 18.4 Å². The maximum Gasteiger partial charge on any atom is 0.0244 e. The second kappa shape index (κ2) is 4.85. The van der Waals surface area contributed by atoms with E-state index in [4.69, 9.17) is 0 Å². The van der Waals surface area contributed by atoms with Gasteiger partial charge in [-0.1, -0.05) is 17.7 Å². The third kappa shape index (κ3) is 2.19. The summed E-state index contributed by atoms with van der Waals surface area (Å²) in [6, 6.07) is 4.65. The Hall–Kier alpha value is -0.860. The minimum Gasteiger partial charge on any atom is -0.316 e. The first-order chi connectivity index (χ1) is 9.39. The van der Waals surface area contributed by atoms with Gasteiger partial charge in [0, 0.05) is 25.2 Å². The summed E-state index contributed by atoms with van der Waals surface area (Å²) in [5, 5.41) is 3.57. The Morgan fingerprint density at radius 2 is 1.80 bits per heavy atom. The molecule has 2 aliphatic rings. The highest BCUT2D eigenvalue weighted by atomic mass is 15.2. The summed E-state index contributed by atoms with van der Waals surface area (Å²) in [4.78, 5) is 2.72. The van der Waals surface area contributed by atoms with Crippen LogP contribution in [0.3, 0.4) is 0 Å². The first kappa shape index (κ1) is 14.1. The lowest BCUT2D eigenvalue weighted by atomic mass is 9.84. The second-order valence-electron chi connectivity index (χ2n) is 7.44. The van der Waals surface area contributed by atoms with Crippen LogP contribution in [0.2, 0.25) is 0 Å². The van der Waals surface area contributed by atoms with Crippen molar-refractivity contribution in [2.45, 2.75) is 46.7 Å². The van der Waals surface area contributed by atoms with Crippen molar-refractivity contribution in [2.75, 3.05) is 19.6 Å². The first-order valence-electron chi connectivity index (χ1n) is 7.92. The van der Waals surface area contributed by atoms with Crippen LogP contribution in [0.15, 0.2) is 12.1 Å². The fourth-order valence-corrected chi connectivity index (χ4v) is 4.42. The standard InChI is InChI=1S/C18H28N2/c1-12-6-13(2)16(14(3)7-12)11-20-10-15-8-19-9-17(15)18(20,4)5/h6-7,15,17,19H,8-11H2,1-5H3. The van der Waals surface area contributed by atoms with Gasteiger partial charge in [0.05, 0.1) is 0 Å². The Kier molecular flexibility index (Phi) is 3.42. The molecule has 0 spiro atoms. The number of hydrogen-bond acceptors (Lipinski definition) is 2. The highest BCUT2D eigenvalue weighted by molar-refractivity contribution is 5.37. The van der Waals surface area contributed by atoms with Gasteiger partial charge in [0.1, 0.15) is 0 Å². The van der Waals surface area contributed by atoms with Gasteiger partial charge in [-0.3, -0.25) is 4.90 Å². The molecule has 0 aromatic heterocycles. The summed E-state index contributed by atoms with van der Waals surface area (Å²) < 4.78 is 0. The van der Waals surface area contributed by atoms with Crippen LogP contribution in [-0.4, -0.2) is 30.1 Å². The Balaban J connectivity index is 1.85. The van der Waals surface area contributed by atoms with E-state index in [1.807, 2.05) is 0 Å². The third-order valence-corrected chi connectivity index (χ3v) is 5.71. The Morgan fingerprint density at radius 3 is 2.40 bits per heavy atom. The van der Waals surface area contributed by atoms with Crippen LogP contribution in [0.25, 0.3) is 0 Å². The smallest absolute Gasteiger partial charge is 0.0244 e. The lowest BCUT2D eigenvalue weighted by Crippen LogP contribution is -2.44. The highest BCUT2D eigenvalue weighted by Gasteiger charge is 2.49. The molecule has 2 saturated heterocycles. The van der Waals surface area contributed by atoms with Crippen molar-refractivity contribution in [2.24, 2.45) is 11.8 Å². The lowest BCUT2D eigenvalue weighted by molar-refractivity contribution is 0.131. The van der Waals surface area contributed by atoms with Crippen LogP contribution in [0, 0.1) is 32.6 Å². The molecule has 3 rings (SSSR count). The van der Waals surface area contributed by atoms with Crippen molar-refractivity contribution in [3.63, 3.8) is 0 Å². The predicted octanol–water partition coefficient (Wildman–Crippen LogP) is 3.04. The van der Waals surface area contributed by atoms with Crippen LogP contribution in [0.1, 0.15) is 36.1 Å². The van der Waals surface area contributed by atoms with Crippen LogP contribution in [-0.2, 0) is 6.54 Å². The van der Waals surface area contributed by atoms with Gasteiger partial charge in [-0.15, -0.1) is 0 Å². The molecule has 0 saturated carbocycles. The monoisotopic (exact) mass is 272 g/mol. The molecular formula is C18H28N2. The van der Waals surface area contributed by atoms with Gasteiger partial charge in [0.25, 0.3) is 0 Å². The van der Waals surface area contributed by atoms with E-state index in [2.05, 4.69) is 57.0 Å². The molecule has 2 heteroatoms. The number of rotatable bonds is 2. The molecule has 1 aromatic rings. The predicted molar refractivity (Wildman–Crippen MR) is 85.0 cm³/mol. The molecule has 1 N–H and O–H groups in total. The van der Waals surface area contributed by atoms with E-state index in [-0.39, 0.29) is 0 Å². The van der Waals surface area contributed by atoms with Crippen LogP contribution >= 0.6 is 0 Å². The molecular weight excluding hydrogens is 244 g/mol. The summed E-state index contributed by atoms with van der Waals surface area (Å²) in [5.74, 6) is 1.66. The summed E-state index contributed by atoms with van der Waals surface area (Å²) in [5.41, 5.74) is 6.14. The van der Waals surface area contributed by atoms with Gasteiger partial charge in [-0.05, 0) is 69.7 Å². The maximum absolute atomic E-state index is 3.57. The highest BCUT2D eigenvalue weighted by Crippen LogP contribution is 2.41. The number of nitrogens with zero attached hydrogens (tertiary/aromatic N) is 1. The van der Waals surface area contributed by atoms with E-state index in [9.17, 15) is 0 Å². The fourth-order valence-electron chi connectivity index (χ4n) is 4.42. The van der Waals surface area contributed by atoms with Gasteiger partial charge in [-0.2, -0.15) is 0 Å². The number of aryl methyl sites for hydroxylation is 3. The largest absolute Gasteiger partial charge is 0.316 e. The molecule has 0 bridgehead atoms. The number of nitrogens with one attached hydrogen (secondary N) is 1. The summed E-state index contributed by atoms with van der Waals surface area (Å²) in [6.45, 7) is 16.3. The number of likely N-dealkylation sites (tertiary alicyclic amines) is 1. The molecule has 0 radical (unpaired) electrons. The van der Waals surface area contributed by atoms with E-state index in [0.29, 0.717) is 5.54 Å². The first-order valence-corrected chi connectivity index (χ1v) is 7.92. The summed E-state index contributed by atoms with van der Waals surface area (Å²) in [6.07, 6.45) is 0. The van der Waals surface area contributed by atoms with E-state index < -0.39 is 0 Å². The van der Waals surface area contributed by atoms with E-state index >= 15 is 0 Å². The van der Waals surface area contributed by atoms with Gasteiger partial charge >= 0.3 is 0 Å². The molecule has 0 aliphatic carbocycles. The minimum absolute atomic E-state index is 0.317. The minimum atomic E-state index is 0.317. The number of fused-ring (bicyclic) bond motifs is 1. The van der Waals surface area contributed by atoms with Crippen molar-refractivity contribution in [3.8, 4) is 0 Å². The topological polar surface area (TPSA) is 15.3 Å². The molecule has 2 atom stereocenters. The Bertz CT molecular complexity index is 495. The molecule has 110 valence electrons. The van der Waals surface area contributed by atoms with Crippen molar-refractivity contribution < 1.29 is 0 Å². The molecule has 1 aromatic carbocycles. The molecule has 2 unspecified atom stereocenters. The zero-order chi connectivity index (χ0) is 14.5. The second-order valence-corrected chi connectivity index (χ2v) is 7.44. The SMILES string of the molecule is Cc1cc(C)c(CN2CC3CNCC3C2(C)C)c(C)c1. The quantitative estimate of drug-likeness (QED) is 0.890. The van der Waals surface area contributed by atoms with Gasteiger partial charge in [0.15, 0.2) is 0 Å². The number of hydrogen-bond donors (Lipinski definition) is 1. The molecule has 0 amide bonds. The maximum atomic E-state index is 3.57. The van der Waals surface area contributed by atoms with Gasteiger partial charge in [0.2, 0.25) is 0 Å². The van der Waals surface area contributed by atoms with Crippen molar-refractivity contribution in [1.29, 1.82) is 0 Å². The van der Waals surface area contributed by atoms with Crippen molar-refractivity contribution in [3.05, 3.63) is 34.4 Å². The molecule has 2 aliphatic heterocycles. The van der Waals surface area contributed by atoms with Crippen LogP contribution in [0.4, 0.5) is 0 Å². The zero-order valence-electron chi connectivity index (χ0n) is 13.6. The van der Waals surface area contributed by atoms with E-state index in [1.165, 1.54) is 41.9 Å². The average Bonchev–Trinajstić information content (AvgIpc) is 2.87. The third-order valence-electron chi connectivity index (χ3n) is 5.71. The normalized spacial score (nSPS) is 28.9. The van der Waals surface area contributed by atoms with E-state index in [1.54, 1.807) is 0 Å². The van der Waals surface area contributed by atoms with Crippen molar-refractivity contribution in [1.82, 2.24) is 10.2 Å². The molecule has 2 heterocycles. The van der Waals surface area contributed by atoms with Gasteiger partial charge in [-0.25, -0.2) is 0 Å². The Labute approximate surface area is 123 Å².